The monoisotopic (exact) mass is 470 g/mol. The lowest BCUT2D eigenvalue weighted by Crippen LogP contribution is -2.12. The summed E-state index contributed by atoms with van der Waals surface area (Å²) in [6, 6.07) is 7.54. The Balaban J connectivity index is 1.86. The van der Waals surface area contributed by atoms with Crippen molar-refractivity contribution in [3.8, 4) is 5.75 Å². The van der Waals surface area contributed by atoms with Crippen molar-refractivity contribution in [3.63, 3.8) is 0 Å². The highest BCUT2D eigenvalue weighted by atomic mass is 79.9. The molecule has 1 rings (SSSR count). The minimum Gasteiger partial charge on any atom is -0.490 e. The van der Waals surface area contributed by atoms with Crippen molar-refractivity contribution in [2.24, 2.45) is 0 Å². The predicted molar refractivity (Wildman–Crippen MR) is 118 cm³/mol. The van der Waals surface area contributed by atoms with E-state index in [0.717, 1.165) is 68.0 Å². The Labute approximate surface area is 183 Å². The molecular weight excluding hydrogens is 436 g/mol. The Kier molecular flexibility index (Phi) is 15.2. The van der Waals surface area contributed by atoms with E-state index in [1.54, 1.807) is 0 Å². The summed E-state index contributed by atoms with van der Waals surface area (Å²) in [6.07, 6.45) is 10.1. The summed E-state index contributed by atoms with van der Waals surface area (Å²) in [7, 11) is 0. The molecule has 0 radical (unpaired) electrons. The fourth-order valence-corrected chi connectivity index (χ4v) is 3.04. The summed E-state index contributed by atoms with van der Waals surface area (Å²) in [5.74, 6) is 0.511. The van der Waals surface area contributed by atoms with Crippen LogP contribution in [0.1, 0.15) is 77.6 Å². The third-order valence-corrected chi connectivity index (χ3v) is 4.98. The highest BCUT2D eigenvalue weighted by Crippen LogP contribution is 2.16. The second kappa shape index (κ2) is 17.3. The van der Waals surface area contributed by atoms with Crippen LogP contribution in [-0.4, -0.2) is 31.8 Å². The van der Waals surface area contributed by atoms with Crippen LogP contribution in [0.4, 0.5) is 0 Å². The van der Waals surface area contributed by atoms with Gasteiger partial charge in [-0.05, 0) is 43.5 Å². The Hall–Kier alpha value is -1.56. The Morgan fingerprint density at radius 2 is 1.28 bits per heavy atom. The molecule has 0 saturated carbocycles. The van der Waals surface area contributed by atoms with Crippen LogP contribution in [0.5, 0.6) is 5.75 Å². The maximum atomic E-state index is 11.7. The number of hydrogen-bond donors (Lipinski definition) is 0. The minimum absolute atomic E-state index is 0.0760. The van der Waals surface area contributed by atoms with E-state index >= 15 is 0 Å². The molecule has 0 fully saturated rings. The van der Waals surface area contributed by atoms with E-state index in [4.69, 9.17) is 14.2 Å². The normalized spacial score (nSPS) is 10.6. The molecule has 0 saturated heterocycles. The Morgan fingerprint density at radius 3 is 1.86 bits per heavy atom. The molecule has 0 N–H and O–H groups in total. The number of esters is 2. The van der Waals surface area contributed by atoms with Gasteiger partial charge in [0, 0.05) is 17.3 Å². The molecule has 0 aliphatic heterocycles. The third kappa shape index (κ3) is 15.0. The number of benzene rings is 1. The van der Waals surface area contributed by atoms with E-state index in [1.807, 2.05) is 24.3 Å². The summed E-state index contributed by atoms with van der Waals surface area (Å²) < 4.78 is 16.9. The molecule has 1 aromatic carbocycles. The van der Waals surface area contributed by atoms with Gasteiger partial charge in [-0.1, -0.05) is 61.4 Å². The molecule has 1 aromatic rings. The molecule has 0 aliphatic carbocycles. The summed E-state index contributed by atoms with van der Waals surface area (Å²) in [6.45, 7) is 3.31. The SMILES string of the molecule is CCCCCOC(=O)CCCCCCCCC(=O)OCCOc1ccc(Br)cc1. The molecule has 0 aliphatic rings. The number of halogens is 1. The van der Waals surface area contributed by atoms with Crippen LogP contribution < -0.4 is 4.74 Å². The largest absolute Gasteiger partial charge is 0.490 e. The molecule has 5 nitrogen and oxygen atoms in total. The molecule has 29 heavy (non-hydrogen) atoms. The Morgan fingerprint density at radius 1 is 0.724 bits per heavy atom. The van der Waals surface area contributed by atoms with E-state index in [9.17, 15) is 9.59 Å². The zero-order valence-electron chi connectivity index (χ0n) is 17.6. The number of unbranched alkanes of at least 4 members (excludes halogenated alkanes) is 7. The molecule has 0 spiro atoms. The maximum absolute atomic E-state index is 11.7. The minimum atomic E-state index is -0.171. The summed E-state index contributed by atoms with van der Waals surface area (Å²) in [5, 5.41) is 0. The van der Waals surface area contributed by atoms with E-state index < -0.39 is 0 Å². The van der Waals surface area contributed by atoms with Crippen molar-refractivity contribution >= 4 is 27.9 Å². The van der Waals surface area contributed by atoms with Crippen LogP contribution in [-0.2, 0) is 19.1 Å². The van der Waals surface area contributed by atoms with Crippen molar-refractivity contribution < 1.29 is 23.8 Å². The van der Waals surface area contributed by atoms with Crippen LogP contribution in [0.15, 0.2) is 28.7 Å². The molecule has 0 bridgehead atoms. The van der Waals surface area contributed by atoms with Crippen molar-refractivity contribution in [1.29, 1.82) is 0 Å². The highest BCUT2D eigenvalue weighted by molar-refractivity contribution is 9.10. The summed E-state index contributed by atoms with van der Waals surface area (Å²) in [5.41, 5.74) is 0. The van der Waals surface area contributed by atoms with Crippen LogP contribution in [0.25, 0.3) is 0 Å². The lowest BCUT2D eigenvalue weighted by molar-refractivity contribution is -0.145. The molecule has 0 amide bonds. The van der Waals surface area contributed by atoms with E-state index in [-0.39, 0.29) is 18.5 Å². The zero-order chi connectivity index (χ0) is 21.2. The maximum Gasteiger partial charge on any atom is 0.305 e. The molecule has 164 valence electrons. The molecule has 6 heteroatoms. The van der Waals surface area contributed by atoms with Gasteiger partial charge in [0.2, 0.25) is 0 Å². The second-order valence-electron chi connectivity index (χ2n) is 7.07. The van der Waals surface area contributed by atoms with E-state index in [2.05, 4.69) is 22.9 Å². The molecule has 0 atom stereocenters. The second-order valence-corrected chi connectivity index (χ2v) is 7.99. The topological polar surface area (TPSA) is 61.8 Å². The number of hydrogen-bond acceptors (Lipinski definition) is 5. The predicted octanol–water partition coefficient (Wildman–Crippen LogP) is 6.23. The van der Waals surface area contributed by atoms with Crippen molar-refractivity contribution in [3.05, 3.63) is 28.7 Å². The zero-order valence-corrected chi connectivity index (χ0v) is 19.2. The fraction of sp³-hybridized carbons (Fsp3) is 0.652. The average Bonchev–Trinajstić information content (AvgIpc) is 2.72. The van der Waals surface area contributed by atoms with Gasteiger partial charge < -0.3 is 14.2 Å². The molecular formula is C23H35BrO5. The third-order valence-electron chi connectivity index (χ3n) is 4.45. The van der Waals surface area contributed by atoms with Crippen LogP contribution in [0.2, 0.25) is 0 Å². The van der Waals surface area contributed by atoms with Crippen molar-refractivity contribution in [2.45, 2.75) is 77.6 Å². The van der Waals surface area contributed by atoms with E-state index in [0.29, 0.717) is 26.1 Å². The first-order valence-corrected chi connectivity index (χ1v) is 11.6. The lowest BCUT2D eigenvalue weighted by Gasteiger charge is -2.07. The molecule has 0 heterocycles. The van der Waals surface area contributed by atoms with Crippen LogP contribution in [0, 0.1) is 0 Å². The first-order valence-electron chi connectivity index (χ1n) is 10.8. The van der Waals surface area contributed by atoms with Gasteiger partial charge in [-0.25, -0.2) is 0 Å². The van der Waals surface area contributed by atoms with Gasteiger partial charge in [0.05, 0.1) is 6.61 Å². The Bertz CT molecular complexity index is 559. The lowest BCUT2D eigenvalue weighted by atomic mass is 10.1. The molecule has 0 aromatic heterocycles. The van der Waals surface area contributed by atoms with Gasteiger partial charge in [-0.2, -0.15) is 0 Å². The number of rotatable bonds is 17. The van der Waals surface area contributed by atoms with E-state index in [1.165, 1.54) is 0 Å². The van der Waals surface area contributed by atoms with Crippen LogP contribution in [0.3, 0.4) is 0 Å². The van der Waals surface area contributed by atoms with Gasteiger partial charge in [0.15, 0.2) is 0 Å². The van der Waals surface area contributed by atoms with Gasteiger partial charge >= 0.3 is 11.9 Å². The first kappa shape index (κ1) is 25.5. The number of carbonyl (C=O) groups is 2. The highest BCUT2D eigenvalue weighted by Gasteiger charge is 2.04. The van der Waals surface area contributed by atoms with Crippen molar-refractivity contribution in [1.82, 2.24) is 0 Å². The quantitative estimate of drug-likeness (QED) is 0.199. The van der Waals surface area contributed by atoms with Gasteiger partial charge in [0.25, 0.3) is 0 Å². The molecule has 0 unspecified atom stereocenters. The van der Waals surface area contributed by atoms with Gasteiger partial charge in [-0.3, -0.25) is 9.59 Å². The smallest absolute Gasteiger partial charge is 0.305 e. The number of carbonyl (C=O) groups excluding carboxylic acids is 2. The standard InChI is InChI=1S/C23H35BrO5/c1-2-3-10-17-28-22(25)11-8-6-4-5-7-9-12-23(26)29-19-18-27-21-15-13-20(24)14-16-21/h13-16H,2-12,17-19H2,1H3. The number of ether oxygens (including phenoxy) is 3. The fourth-order valence-electron chi connectivity index (χ4n) is 2.77. The summed E-state index contributed by atoms with van der Waals surface area (Å²) >= 11 is 3.37. The van der Waals surface area contributed by atoms with Gasteiger partial charge in [0.1, 0.15) is 19.0 Å². The van der Waals surface area contributed by atoms with Crippen molar-refractivity contribution in [2.75, 3.05) is 19.8 Å². The van der Waals surface area contributed by atoms with Gasteiger partial charge in [-0.15, -0.1) is 0 Å². The van der Waals surface area contributed by atoms with Crippen LogP contribution >= 0.6 is 15.9 Å². The first-order chi connectivity index (χ1) is 14.1. The summed E-state index contributed by atoms with van der Waals surface area (Å²) in [4.78, 5) is 23.2. The average molecular weight is 471 g/mol.